The van der Waals surface area contributed by atoms with E-state index >= 15 is 0 Å². The molecule has 0 spiro atoms. The molecule has 1 aliphatic heterocycles. The minimum Gasteiger partial charge on any atom is -0.506 e. The predicted octanol–water partition coefficient (Wildman–Crippen LogP) is 5.96. The van der Waals surface area contributed by atoms with Crippen molar-refractivity contribution in [2.75, 3.05) is 19.8 Å². The summed E-state index contributed by atoms with van der Waals surface area (Å²) in [6.07, 6.45) is 3.34. The fourth-order valence-electron chi connectivity index (χ4n) is 3.10. The van der Waals surface area contributed by atoms with Gasteiger partial charge in [0.1, 0.15) is 23.0 Å². The molecule has 0 radical (unpaired) electrons. The first-order valence-electron chi connectivity index (χ1n) is 10.8. The van der Waals surface area contributed by atoms with Gasteiger partial charge in [-0.1, -0.05) is 42.6 Å². The predicted molar refractivity (Wildman–Crippen MR) is 146 cm³/mol. The number of carbonyl (C=O) groups excluding carboxylic acids is 2. The number of ether oxygens (including phenoxy) is 3. The number of hydrogen-bond acceptors (Lipinski definition) is 7. The maximum atomic E-state index is 12.7. The molecule has 0 saturated carbocycles. The first-order chi connectivity index (χ1) is 16.9. The van der Waals surface area contributed by atoms with Crippen LogP contribution in [-0.2, 0) is 9.53 Å². The van der Waals surface area contributed by atoms with E-state index in [-0.39, 0.29) is 23.0 Å². The SMILES string of the molecule is C=CCOc1c(I)cc(/C=C2\SC(=NC(=O)c3ccccc3)C(C(=O)OCC)=C2O)cc1OCC. The minimum atomic E-state index is -0.752. The van der Waals surface area contributed by atoms with E-state index in [1.165, 1.54) is 0 Å². The molecule has 0 saturated heterocycles. The van der Waals surface area contributed by atoms with E-state index in [1.807, 2.05) is 13.0 Å². The third-order valence-corrected chi connectivity index (χ3v) is 6.39. The molecule has 0 fully saturated rings. The van der Waals surface area contributed by atoms with Gasteiger partial charge in [0.05, 0.1) is 21.7 Å². The Labute approximate surface area is 221 Å². The van der Waals surface area contributed by atoms with Crippen molar-refractivity contribution in [3.05, 3.63) is 86.1 Å². The van der Waals surface area contributed by atoms with E-state index in [1.54, 1.807) is 55.5 Å². The molecule has 0 atom stereocenters. The van der Waals surface area contributed by atoms with Gasteiger partial charge < -0.3 is 19.3 Å². The van der Waals surface area contributed by atoms with Crippen molar-refractivity contribution in [1.29, 1.82) is 0 Å². The van der Waals surface area contributed by atoms with E-state index in [2.05, 4.69) is 34.2 Å². The number of halogens is 1. The average molecular weight is 605 g/mol. The zero-order valence-corrected chi connectivity index (χ0v) is 22.2. The molecular formula is C26H24INO6S. The monoisotopic (exact) mass is 605 g/mol. The van der Waals surface area contributed by atoms with Crippen LogP contribution in [0, 0.1) is 3.57 Å². The summed E-state index contributed by atoms with van der Waals surface area (Å²) in [4.78, 5) is 29.7. The Morgan fingerprint density at radius 2 is 1.89 bits per heavy atom. The molecule has 0 aliphatic carbocycles. The van der Waals surface area contributed by atoms with E-state index in [0.29, 0.717) is 40.7 Å². The highest BCUT2D eigenvalue weighted by Gasteiger charge is 2.34. The molecule has 1 amide bonds. The number of aliphatic imine (C=N–C) groups is 1. The maximum absolute atomic E-state index is 12.7. The normalized spacial score (nSPS) is 15.4. The van der Waals surface area contributed by atoms with Gasteiger partial charge in [0.15, 0.2) is 11.5 Å². The fourth-order valence-corrected chi connectivity index (χ4v) is 4.89. The zero-order valence-electron chi connectivity index (χ0n) is 19.2. The smallest absolute Gasteiger partial charge is 0.344 e. The maximum Gasteiger partial charge on any atom is 0.344 e. The topological polar surface area (TPSA) is 94.4 Å². The molecule has 9 heteroatoms. The average Bonchev–Trinajstić information content (AvgIpc) is 3.13. The molecule has 2 aromatic rings. The number of benzene rings is 2. The van der Waals surface area contributed by atoms with E-state index < -0.39 is 11.9 Å². The molecule has 2 aromatic carbocycles. The van der Waals surface area contributed by atoms with Gasteiger partial charge in [-0.15, -0.1) is 0 Å². The van der Waals surface area contributed by atoms with Gasteiger partial charge in [0.25, 0.3) is 5.91 Å². The van der Waals surface area contributed by atoms with E-state index in [0.717, 1.165) is 15.3 Å². The number of aliphatic hydroxyl groups excluding tert-OH is 1. The van der Waals surface area contributed by atoms with Gasteiger partial charge in [0.2, 0.25) is 0 Å². The van der Waals surface area contributed by atoms with Crippen molar-refractivity contribution in [2.24, 2.45) is 4.99 Å². The molecule has 0 bridgehead atoms. The van der Waals surface area contributed by atoms with Gasteiger partial charge in [-0.3, -0.25) is 4.79 Å². The third kappa shape index (κ3) is 6.55. The van der Waals surface area contributed by atoms with Crippen LogP contribution in [0.1, 0.15) is 29.8 Å². The number of esters is 1. The Morgan fingerprint density at radius 3 is 2.54 bits per heavy atom. The summed E-state index contributed by atoms with van der Waals surface area (Å²) in [7, 11) is 0. The fraction of sp³-hybridized carbons (Fsp3) is 0.192. The molecule has 0 aromatic heterocycles. The number of aliphatic hydroxyl groups is 1. The summed E-state index contributed by atoms with van der Waals surface area (Å²) in [5.41, 5.74) is 0.932. The van der Waals surface area contributed by atoms with Crippen LogP contribution < -0.4 is 9.47 Å². The summed E-state index contributed by atoms with van der Waals surface area (Å²) < 4.78 is 17.4. The van der Waals surface area contributed by atoms with Gasteiger partial charge in [0, 0.05) is 5.56 Å². The van der Waals surface area contributed by atoms with Crippen molar-refractivity contribution in [1.82, 2.24) is 0 Å². The van der Waals surface area contributed by atoms with Crippen LogP contribution in [0.5, 0.6) is 11.5 Å². The lowest BCUT2D eigenvalue weighted by atomic mass is 10.1. The van der Waals surface area contributed by atoms with Crippen molar-refractivity contribution in [3.63, 3.8) is 0 Å². The molecular weight excluding hydrogens is 581 g/mol. The third-order valence-electron chi connectivity index (χ3n) is 4.57. The zero-order chi connectivity index (χ0) is 25.4. The molecule has 1 heterocycles. The lowest BCUT2D eigenvalue weighted by molar-refractivity contribution is -0.138. The van der Waals surface area contributed by atoms with Gasteiger partial charge in [-0.25, -0.2) is 9.79 Å². The Morgan fingerprint density at radius 1 is 1.14 bits per heavy atom. The van der Waals surface area contributed by atoms with Crippen molar-refractivity contribution >= 4 is 57.3 Å². The van der Waals surface area contributed by atoms with Gasteiger partial charge in [-0.05, 0) is 72.3 Å². The molecule has 1 aliphatic rings. The van der Waals surface area contributed by atoms with Crippen LogP contribution in [0.2, 0.25) is 0 Å². The summed E-state index contributed by atoms with van der Waals surface area (Å²) >= 11 is 3.16. The minimum absolute atomic E-state index is 0.0757. The van der Waals surface area contributed by atoms with Crippen LogP contribution in [0.25, 0.3) is 6.08 Å². The molecule has 182 valence electrons. The summed E-state index contributed by atoms with van der Waals surface area (Å²) in [6.45, 7) is 8.08. The molecule has 1 N–H and O–H groups in total. The second-order valence-corrected chi connectivity index (χ2v) is 9.20. The first kappa shape index (κ1) is 26.6. The van der Waals surface area contributed by atoms with Crippen LogP contribution >= 0.6 is 34.4 Å². The Kier molecular flexibility index (Phi) is 9.55. The first-order valence-corrected chi connectivity index (χ1v) is 12.7. The highest BCUT2D eigenvalue weighted by atomic mass is 127. The number of rotatable bonds is 9. The number of thioether (sulfide) groups is 1. The summed E-state index contributed by atoms with van der Waals surface area (Å²) in [5, 5.41) is 11.0. The Bertz CT molecular complexity index is 1220. The summed E-state index contributed by atoms with van der Waals surface area (Å²) in [5.74, 6) is -0.443. The lowest BCUT2D eigenvalue weighted by Crippen LogP contribution is -2.14. The van der Waals surface area contributed by atoms with Crippen LogP contribution in [0.3, 0.4) is 0 Å². The highest BCUT2D eigenvalue weighted by Crippen LogP contribution is 2.41. The molecule has 35 heavy (non-hydrogen) atoms. The largest absolute Gasteiger partial charge is 0.506 e. The number of carbonyl (C=O) groups is 2. The Hall–Kier alpha value is -3.05. The quantitative estimate of drug-likeness (QED) is 0.214. The van der Waals surface area contributed by atoms with Crippen LogP contribution in [-0.4, -0.2) is 41.8 Å². The number of amides is 1. The second-order valence-electron chi connectivity index (χ2n) is 7.01. The lowest BCUT2D eigenvalue weighted by Gasteiger charge is -2.14. The van der Waals surface area contributed by atoms with Crippen LogP contribution in [0.15, 0.2) is 76.3 Å². The van der Waals surface area contributed by atoms with E-state index in [9.17, 15) is 14.7 Å². The van der Waals surface area contributed by atoms with Gasteiger partial charge >= 0.3 is 5.97 Å². The van der Waals surface area contributed by atoms with E-state index in [4.69, 9.17) is 14.2 Å². The highest BCUT2D eigenvalue weighted by molar-refractivity contribution is 14.1. The number of nitrogens with zero attached hydrogens (tertiary/aromatic N) is 1. The summed E-state index contributed by atoms with van der Waals surface area (Å²) in [6, 6.07) is 12.1. The molecule has 3 rings (SSSR count). The van der Waals surface area contributed by atoms with Crippen molar-refractivity contribution in [3.8, 4) is 11.5 Å². The Balaban J connectivity index is 2.04. The van der Waals surface area contributed by atoms with Crippen molar-refractivity contribution < 1.29 is 28.9 Å². The van der Waals surface area contributed by atoms with Crippen LogP contribution in [0.4, 0.5) is 0 Å². The molecule has 7 nitrogen and oxygen atoms in total. The standard InChI is InChI=1S/C26H24INO6S/c1-4-12-34-23-18(27)13-16(14-19(23)32-5-2)15-20-22(29)21(26(31)33-6-3)25(35-20)28-24(30)17-10-8-7-9-11-17/h4,7-11,13-15,29H,1,5-6,12H2,2-3H3/b20-15-,28-25?. The van der Waals surface area contributed by atoms with Gasteiger partial charge in [-0.2, -0.15) is 0 Å². The van der Waals surface area contributed by atoms with Crippen molar-refractivity contribution in [2.45, 2.75) is 13.8 Å². The second kappa shape index (κ2) is 12.6. The molecule has 0 unspecified atom stereocenters. The number of hydrogen-bond donors (Lipinski definition) is 1.